The Labute approximate surface area is 185 Å². The second kappa shape index (κ2) is 10.7. The maximum atomic E-state index is 12.5. The zero-order valence-electron chi connectivity index (χ0n) is 18.5. The van der Waals surface area contributed by atoms with Crippen molar-refractivity contribution < 1.29 is 14.3 Å². The minimum absolute atomic E-state index is 0.167. The van der Waals surface area contributed by atoms with Gasteiger partial charge in [-0.15, -0.1) is 0 Å². The molecule has 0 unspecified atom stereocenters. The number of nitrogens with zero attached hydrogens (tertiary/aromatic N) is 1. The summed E-state index contributed by atoms with van der Waals surface area (Å²) >= 11 is 0. The average molecular weight is 423 g/mol. The summed E-state index contributed by atoms with van der Waals surface area (Å²) in [6.45, 7) is 3.30. The van der Waals surface area contributed by atoms with Crippen LogP contribution in [0.1, 0.15) is 49.7 Å². The number of amides is 1. The highest BCUT2D eigenvalue weighted by atomic mass is 16.5. The molecule has 1 aliphatic heterocycles. The summed E-state index contributed by atoms with van der Waals surface area (Å²) < 4.78 is 11.5. The number of piperidine rings is 1. The number of hydrogen-bond acceptors (Lipinski definition) is 4. The van der Waals surface area contributed by atoms with Gasteiger partial charge in [-0.3, -0.25) is 9.69 Å². The molecule has 1 saturated carbocycles. The number of benzene rings is 2. The normalized spacial score (nSPS) is 18.1. The van der Waals surface area contributed by atoms with E-state index in [1.165, 1.54) is 18.4 Å². The molecule has 1 saturated heterocycles. The minimum atomic E-state index is 0.167. The molecule has 2 fully saturated rings. The number of hydrogen-bond donors (Lipinski definition) is 1. The van der Waals surface area contributed by atoms with Gasteiger partial charge in [0, 0.05) is 18.5 Å². The van der Waals surface area contributed by atoms with Crippen molar-refractivity contribution in [3.8, 4) is 11.5 Å². The van der Waals surface area contributed by atoms with Crippen LogP contribution in [0, 0.1) is 5.92 Å². The monoisotopic (exact) mass is 422 g/mol. The van der Waals surface area contributed by atoms with Crippen molar-refractivity contribution >= 4 is 5.91 Å². The predicted octanol–water partition coefficient (Wildman–Crippen LogP) is 4.55. The third kappa shape index (κ3) is 6.01. The Morgan fingerprint density at radius 3 is 2.42 bits per heavy atom. The fourth-order valence-electron chi connectivity index (χ4n) is 4.67. The summed E-state index contributed by atoms with van der Waals surface area (Å²) in [5.41, 5.74) is 2.34. The second-order valence-electron chi connectivity index (χ2n) is 8.80. The van der Waals surface area contributed by atoms with E-state index >= 15 is 0 Å². The summed E-state index contributed by atoms with van der Waals surface area (Å²) in [5.74, 6) is 1.96. The highest BCUT2D eigenvalue weighted by Gasteiger charge is 2.27. The molecule has 1 heterocycles. The zero-order valence-corrected chi connectivity index (χ0v) is 18.5. The van der Waals surface area contributed by atoms with Crippen molar-refractivity contribution in [1.29, 1.82) is 0 Å². The molecule has 2 aromatic carbocycles. The van der Waals surface area contributed by atoms with Gasteiger partial charge < -0.3 is 14.8 Å². The van der Waals surface area contributed by atoms with Crippen molar-refractivity contribution in [3.63, 3.8) is 0 Å². The van der Waals surface area contributed by atoms with Crippen LogP contribution < -0.4 is 14.8 Å². The molecule has 5 nitrogen and oxygen atoms in total. The van der Waals surface area contributed by atoms with Crippen LogP contribution in [0.4, 0.5) is 0 Å². The van der Waals surface area contributed by atoms with E-state index in [4.69, 9.17) is 9.47 Å². The van der Waals surface area contributed by atoms with E-state index in [0.29, 0.717) is 12.6 Å². The third-order valence-corrected chi connectivity index (χ3v) is 6.53. The molecule has 2 aliphatic rings. The smallest absolute Gasteiger partial charge is 0.223 e. The fourth-order valence-corrected chi connectivity index (χ4v) is 4.67. The lowest BCUT2D eigenvalue weighted by atomic mass is 9.95. The molecule has 1 aliphatic carbocycles. The quantitative estimate of drug-likeness (QED) is 0.678. The molecular weight excluding hydrogens is 388 g/mol. The lowest BCUT2D eigenvalue weighted by molar-refractivity contribution is -0.127. The maximum absolute atomic E-state index is 12.5. The summed E-state index contributed by atoms with van der Waals surface area (Å²) in [4.78, 5) is 15.0. The van der Waals surface area contributed by atoms with Crippen molar-refractivity contribution in [3.05, 3.63) is 59.7 Å². The summed E-state index contributed by atoms with van der Waals surface area (Å²) in [6, 6.07) is 16.7. The van der Waals surface area contributed by atoms with Gasteiger partial charge in [0.05, 0.1) is 7.11 Å². The summed E-state index contributed by atoms with van der Waals surface area (Å²) in [5, 5.41) is 3.27. The van der Waals surface area contributed by atoms with Gasteiger partial charge in [0.1, 0.15) is 6.61 Å². The SMILES string of the molecule is COc1cc(CN2CCC(C(=O)NC3CCCC3)CC2)ccc1OCc1ccccc1. The molecule has 166 valence electrons. The Morgan fingerprint density at radius 1 is 0.968 bits per heavy atom. The number of methoxy groups -OCH3 is 1. The minimum Gasteiger partial charge on any atom is -0.493 e. The molecular formula is C26H34N2O3. The van der Waals surface area contributed by atoms with Crippen molar-refractivity contribution in [2.75, 3.05) is 20.2 Å². The van der Waals surface area contributed by atoms with E-state index < -0.39 is 0 Å². The van der Waals surface area contributed by atoms with Gasteiger partial charge >= 0.3 is 0 Å². The first-order valence-corrected chi connectivity index (χ1v) is 11.6. The zero-order chi connectivity index (χ0) is 21.5. The lowest BCUT2D eigenvalue weighted by Crippen LogP contribution is -2.42. The first kappa shape index (κ1) is 21.7. The number of rotatable bonds is 8. The van der Waals surface area contributed by atoms with Gasteiger partial charge in [-0.2, -0.15) is 0 Å². The molecule has 0 atom stereocenters. The van der Waals surface area contributed by atoms with E-state index in [-0.39, 0.29) is 11.8 Å². The van der Waals surface area contributed by atoms with Gasteiger partial charge in [-0.25, -0.2) is 0 Å². The van der Waals surface area contributed by atoms with Crippen molar-refractivity contribution in [1.82, 2.24) is 10.2 Å². The van der Waals surface area contributed by atoms with Crippen LogP contribution in [0.15, 0.2) is 48.5 Å². The maximum Gasteiger partial charge on any atom is 0.223 e. The van der Waals surface area contributed by atoms with Crippen molar-refractivity contribution in [2.24, 2.45) is 5.92 Å². The lowest BCUT2D eigenvalue weighted by Gasteiger charge is -2.32. The molecule has 2 aromatic rings. The largest absolute Gasteiger partial charge is 0.493 e. The van der Waals surface area contributed by atoms with E-state index in [2.05, 4.69) is 34.5 Å². The second-order valence-corrected chi connectivity index (χ2v) is 8.80. The first-order valence-electron chi connectivity index (χ1n) is 11.6. The Hall–Kier alpha value is -2.53. The molecule has 0 radical (unpaired) electrons. The fraction of sp³-hybridized carbons (Fsp3) is 0.500. The van der Waals surface area contributed by atoms with Gasteiger partial charge in [-0.05, 0) is 62.0 Å². The van der Waals surface area contributed by atoms with E-state index in [0.717, 1.165) is 62.4 Å². The highest BCUT2D eigenvalue weighted by Crippen LogP contribution is 2.30. The topological polar surface area (TPSA) is 50.8 Å². The number of ether oxygens (including phenoxy) is 2. The molecule has 31 heavy (non-hydrogen) atoms. The van der Waals surface area contributed by atoms with E-state index in [1.807, 2.05) is 24.3 Å². The van der Waals surface area contributed by atoms with Gasteiger partial charge in [0.15, 0.2) is 11.5 Å². The van der Waals surface area contributed by atoms with Crippen LogP contribution in [-0.4, -0.2) is 37.0 Å². The van der Waals surface area contributed by atoms with Crippen molar-refractivity contribution in [2.45, 2.75) is 57.7 Å². The molecule has 1 N–H and O–H groups in total. The average Bonchev–Trinajstić information content (AvgIpc) is 3.32. The molecule has 0 aromatic heterocycles. The predicted molar refractivity (Wildman–Crippen MR) is 122 cm³/mol. The van der Waals surface area contributed by atoms with Gasteiger partial charge in [0.2, 0.25) is 5.91 Å². The summed E-state index contributed by atoms with van der Waals surface area (Å²) in [7, 11) is 1.68. The number of likely N-dealkylation sites (tertiary alicyclic amines) is 1. The van der Waals surface area contributed by atoms with Crippen LogP contribution in [-0.2, 0) is 17.9 Å². The first-order chi connectivity index (χ1) is 15.2. The van der Waals surface area contributed by atoms with Crippen LogP contribution >= 0.6 is 0 Å². The Kier molecular flexibility index (Phi) is 7.47. The summed E-state index contributed by atoms with van der Waals surface area (Å²) in [6.07, 6.45) is 6.68. The molecule has 0 spiro atoms. The molecule has 5 heteroatoms. The Bertz CT molecular complexity index is 841. The number of nitrogens with one attached hydrogen (secondary N) is 1. The molecule has 1 amide bonds. The van der Waals surface area contributed by atoms with Crippen LogP contribution in [0.3, 0.4) is 0 Å². The highest BCUT2D eigenvalue weighted by molar-refractivity contribution is 5.79. The number of carbonyl (C=O) groups excluding carboxylic acids is 1. The third-order valence-electron chi connectivity index (χ3n) is 6.53. The van der Waals surface area contributed by atoms with Gasteiger partial charge in [0.25, 0.3) is 0 Å². The van der Waals surface area contributed by atoms with Crippen LogP contribution in [0.5, 0.6) is 11.5 Å². The van der Waals surface area contributed by atoms with E-state index in [9.17, 15) is 4.79 Å². The Morgan fingerprint density at radius 2 is 1.71 bits per heavy atom. The molecule has 0 bridgehead atoms. The molecule has 4 rings (SSSR count). The van der Waals surface area contributed by atoms with Gasteiger partial charge in [-0.1, -0.05) is 49.2 Å². The van der Waals surface area contributed by atoms with Crippen LogP contribution in [0.2, 0.25) is 0 Å². The van der Waals surface area contributed by atoms with Crippen LogP contribution in [0.25, 0.3) is 0 Å². The van der Waals surface area contributed by atoms with E-state index in [1.54, 1.807) is 7.11 Å². The standard InChI is InChI=1S/C26H34N2O3/c1-30-25-17-21(11-12-24(25)31-19-20-7-3-2-4-8-20)18-28-15-13-22(14-16-28)26(29)27-23-9-5-6-10-23/h2-4,7-8,11-12,17,22-23H,5-6,9-10,13-16,18-19H2,1H3,(H,27,29). The number of carbonyl (C=O) groups is 1. The Balaban J connectivity index is 1.27.